The monoisotopic (exact) mass is 347 g/mol. The third kappa shape index (κ3) is 5.80. The fraction of sp³-hybridized carbons (Fsp3) is 0.727. The average Bonchev–Trinajstić information content (AvgIpc) is 2.86. The predicted molar refractivity (Wildman–Crippen MR) is 105 cm³/mol. The first kappa shape index (κ1) is 20.4. The molecule has 0 saturated carbocycles. The lowest BCUT2D eigenvalue weighted by Gasteiger charge is -2.33. The molecular weight excluding hydrogens is 310 g/mol. The lowest BCUT2D eigenvalue weighted by atomic mass is 9.80. The van der Waals surface area contributed by atoms with Crippen molar-refractivity contribution in [3.05, 3.63) is 34.9 Å². The molecule has 0 spiro atoms. The standard InChI is InChI=1S/C22H37NO2/c1-2-3-4-5-6-7-8-18-9-10-19-11-13-21(14-12-20(19)15-18)22(23,16-24)17-25/h9-10,15,21,24-25H,2-8,11-14,16-17,23H2,1H3/t21-/m1/s1. The van der Waals surface area contributed by atoms with Crippen molar-refractivity contribution >= 4 is 0 Å². The van der Waals surface area contributed by atoms with Gasteiger partial charge in [-0.1, -0.05) is 57.2 Å². The van der Waals surface area contributed by atoms with E-state index in [0.29, 0.717) is 0 Å². The zero-order valence-electron chi connectivity index (χ0n) is 16.0. The van der Waals surface area contributed by atoms with Crippen molar-refractivity contribution in [1.82, 2.24) is 0 Å². The quantitative estimate of drug-likeness (QED) is 0.446. The van der Waals surface area contributed by atoms with Crippen LogP contribution in [0.5, 0.6) is 0 Å². The minimum atomic E-state index is -0.844. The van der Waals surface area contributed by atoms with Crippen molar-refractivity contribution in [2.45, 2.75) is 83.1 Å². The summed E-state index contributed by atoms with van der Waals surface area (Å²) in [6, 6.07) is 6.97. The SMILES string of the molecule is CCCCCCCCc1ccc2c(c1)CC[C@H](C(N)(CO)CO)CC2. The van der Waals surface area contributed by atoms with Gasteiger partial charge in [-0.3, -0.25) is 0 Å². The Bertz CT molecular complexity index is 511. The zero-order valence-corrected chi connectivity index (χ0v) is 16.0. The van der Waals surface area contributed by atoms with Gasteiger partial charge in [0.2, 0.25) is 0 Å². The molecule has 1 aliphatic rings. The first-order valence-electron chi connectivity index (χ1n) is 10.2. The van der Waals surface area contributed by atoms with Gasteiger partial charge < -0.3 is 15.9 Å². The molecule has 1 aromatic carbocycles. The Hall–Kier alpha value is -0.900. The number of rotatable bonds is 10. The summed E-state index contributed by atoms with van der Waals surface area (Å²) in [6.45, 7) is 1.97. The van der Waals surface area contributed by atoms with Crippen molar-refractivity contribution < 1.29 is 10.2 Å². The predicted octanol–water partition coefficient (Wildman–Crippen LogP) is 3.77. The fourth-order valence-electron chi connectivity index (χ4n) is 4.11. The van der Waals surface area contributed by atoms with Crippen LogP contribution in [-0.4, -0.2) is 29.0 Å². The number of aliphatic hydroxyl groups is 2. The van der Waals surface area contributed by atoms with Crippen LogP contribution in [0.3, 0.4) is 0 Å². The molecule has 0 saturated heterocycles. The summed E-state index contributed by atoms with van der Waals surface area (Å²) in [5, 5.41) is 19.2. The Morgan fingerprint density at radius 3 is 2.28 bits per heavy atom. The average molecular weight is 348 g/mol. The first-order valence-corrected chi connectivity index (χ1v) is 10.2. The number of benzene rings is 1. The van der Waals surface area contributed by atoms with Gasteiger partial charge in [0.05, 0.1) is 18.8 Å². The second-order valence-electron chi connectivity index (χ2n) is 7.94. The van der Waals surface area contributed by atoms with E-state index in [1.54, 1.807) is 0 Å². The summed E-state index contributed by atoms with van der Waals surface area (Å²) >= 11 is 0. The van der Waals surface area contributed by atoms with Gasteiger partial charge in [0, 0.05) is 0 Å². The molecule has 25 heavy (non-hydrogen) atoms. The minimum absolute atomic E-state index is 0.145. The van der Waals surface area contributed by atoms with E-state index in [4.69, 9.17) is 5.73 Å². The van der Waals surface area contributed by atoms with Crippen LogP contribution in [0.15, 0.2) is 18.2 Å². The Morgan fingerprint density at radius 2 is 1.60 bits per heavy atom. The zero-order chi connectivity index (χ0) is 18.1. The molecule has 3 nitrogen and oxygen atoms in total. The van der Waals surface area contributed by atoms with Crippen LogP contribution < -0.4 is 5.73 Å². The van der Waals surface area contributed by atoms with Crippen LogP contribution in [0, 0.1) is 5.92 Å². The molecule has 2 rings (SSSR count). The summed E-state index contributed by atoms with van der Waals surface area (Å²) in [7, 11) is 0. The number of aryl methyl sites for hydroxylation is 3. The highest BCUT2D eigenvalue weighted by Crippen LogP contribution is 2.31. The van der Waals surface area contributed by atoms with Crippen LogP contribution in [0.4, 0.5) is 0 Å². The fourth-order valence-corrected chi connectivity index (χ4v) is 4.11. The number of fused-ring (bicyclic) bond motifs is 1. The Kier molecular flexibility index (Phi) is 8.41. The van der Waals surface area contributed by atoms with E-state index in [2.05, 4.69) is 25.1 Å². The molecule has 0 aliphatic heterocycles. The molecule has 0 amide bonds. The van der Waals surface area contributed by atoms with Crippen molar-refractivity contribution in [3.8, 4) is 0 Å². The van der Waals surface area contributed by atoms with Gasteiger partial charge in [-0.05, 0) is 61.1 Å². The number of nitrogens with two attached hydrogens (primary N) is 1. The number of hydrogen-bond donors (Lipinski definition) is 3. The summed E-state index contributed by atoms with van der Waals surface area (Å²) in [4.78, 5) is 0. The molecule has 0 radical (unpaired) electrons. The Labute approximate surface area is 153 Å². The topological polar surface area (TPSA) is 66.5 Å². The number of unbranched alkanes of at least 4 members (excludes halogenated alkanes) is 5. The van der Waals surface area contributed by atoms with E-state index in [0.717, 1.165) is 25.7 Å². The van der Waals surface area contributed by atoms with Crippen LogP contribution in [-0.2, 0) is 19.3 Å². The summed E-state index contributed by atoms with van der Waals surface area (Å²) in [6.07, 6.45) is 13.1. The molecule has 0 unspecified atom stereocenters. The van der Waals surface area contributed by atoms with Crippen LogP contribution in [0.1, 0.15) is 75.0 Å². The number of hydrogen-bond acceptors (Lipinski definition) is 3. The molecule has 0 aromatic heterocycles. The van der Waals surface area contributed by atoms with Crippen molar-refractivity contribution in [3.63, 3.8) is 0 Å². The summed E-state index contributed by atoms with van der Waals surface area (Å²) in [5.74, 6) is 0.178. The second kappa shape index (κ2) is 10.3. The van der Waals surface area contributed by atoms with Gasteiger partial charge >= 0.3 is 0 Å². The van der Waals surface area contributed by atoms with Crippen molar-refractivity contribution in [2.24, 2.45) is 11.7 Å². The molecule has 0 fully saturated rings. The highest BCUT2D eigenvalue weighted by atomic mass is 16.3. The lowest BCUT2D eigenvalue weighted by Crippen LogP contribution is -2.53. The smallest absolute Gasteiger partial charge is 0.0651 e. The lowest BCUT2D eigenvalue weighted by molar-refractivity contribution is 0.0688. The van der Waals surface area contributed by atoms with Crippen LogP contribution in [0.2, 0.25) is 0 Å². The van der Waals surface area contributed by atoms with Crippen molar-refractivity contribution in [2.75, 3.05) is 13.2 Å². The van der Waals surface area contributed by atoms with E-state index in [1.165, 1.54) is 61.6 Å². The van der Waals surface area contributed by atoms with E-state index >= 15 is 0 Å². The Balaban J connectivity index is 1.88. The third-order valence-electron chi connectivity index (χ3n) is 6.02. The van der Waals surface area contributed by atoms with E-state index in [9.17, 15) is 10.2 Å². The normalized spacial score (nSPS) is 18.0. The van der Waals surface area contributed by atoms with Gasteiger partial charge in [-0.2, -0.15) is 0 Å². The minimum Gasteiger partial charge on any atom is -0.394 e. The van der Waals surface area contributed by atoms with E-state index in [-0.39, 0.29) is 19.1 Å². The van der Waals surface area contributed by atoms with E-state index in [1.807, 2.05) is 0 Å². The van der Waals surface area contributed by atoms with Gasteiger partial charge in [0.25, 0.3) is 0 Å². The molecular formula is C22H37NO2. The van der Waals surface area contributed by atoms with Gasteiger partial charge in [-0.25, -0.2) is 0 Å². The first-order chi connectivity index (χ1) is 12.1. The second-order valence-corrected chi connectivity index (χ2v) is 7.94. The third-order valence-corrected chi connectivity index (χ3v) is 6.02. The largest absolute Gasteiger partial charge is 0.394 e. The maximum absolute atomic E-state index is 9.58. The molecule has 1 atom stereocenters. The molecule has 1 aromatic rings. The summed E-state index contributed by atoms with van der Waals surface area (Å²) in [5.41, 5.74) is 9.70. The molecule has 3 heteroatoms. The number of aliphatic hydroxyl groups excluding tert-OH is 2. The Morgan fingerprint density at radius 1 is 0.960 bits per heavy atom. The van der Waals surface area contributed by atoms with Crippen LogP contribution in [0.25, 0.3) is 0 Å². The van der Waals surface area contributed by atoms with Crippen LogP contribution >= 0.6 is 0 Å². The van der Waals surface area contributed by atoms with Gasteiger partial charge in [0.1, 0.15) is 0 Å². The van der Waals surface area contributed by atoms with Gasteiger partial charge in [0.15, 0.2) is 0 Å². The summed E-state index contributed by atoms with van der Waals surface area (Å²) < 4.78 is 0. The van der Waals surface area contributed by atoms with Crippen molar-refractivity contribution in [1.29, 1.82) is 0 Å². The highest BCUT2D eigenvalue weighted by Gasteiger charge is 2.34. The molecule has 1 aliphatic carbocycles. The molecule has 142 valence electrons. The molecule has 0 bridgehead atoms. The van der Waals surface area contributed by atoms with E-state index < -0.39 is 5.54 Å². The van der Waals surface area contributed by atoms with Gasteiger partial charge in [-0.15, -0.1) is 0 Å². The maximum atomic E-state index is 9.58. The molecule has 0 heterocycles. The highest BCUT2D eigenvalue weighted by molar-refractivity contribution is 5.33. The molecule has 4 N–H and O–H groups in total. The maximum Gasteiger partial charge on any atom is 0.0651 e.